The topological polar surface area (TPSA) is 141 Å². The van der Waals surface area contributed by atoms with Crippen LogP contribution in [0.25, 0.3) is 0 Å². The number of nitrogens with one attached hydrogen (secondary N) is 1. The predicted molar refractivity (Wildman–Crippen MR) is 131 cm³/mol. The van der Waals surface area contributed by atoms with Crippen LogP contribution in [-0.4, -0.2) is 40.3 Å². The Labute approximate surface area is 198 Å². The normalized spacial score (nSPS) is 12.2. The molecule has 0 fully saturated rings. The summed E-state index contributed by atoms with van der Waals surface area (Å²) in [5, 5.41) is 2.94. The summed E-state index contributed by atoms with van der Waals surface area (Å²) in [4.78, 5) is 39.8. The molecule has 0 spiro atoms. The molecule has 9 nitrogen and oxygen atoms in total. The SMILES string of the molecule is CCCCOc1ccc(N(C(=O)c2snc(C(N)=O)c2N)[C@H](CC)C(=O)NC(C)(C)C)cc1. The van der Waals surface area contributed by atoms with Gasteiger partial charge < -0.3 is 21.5 Å². The summed E-state index contributed by atoms with van der Waals surface area (Å²) in [5.74, 6) is -0.992. The van der Waals surface area contributed by atoms with E-state index in [-0.39, 0.29) is 22.2 Å². The van der Waals surface area contributed by atoms with Gasteiger partial charge in [-0.1, -0.05) is 20.3 Å². The van der Waals surface area contributed by atoms with E-state index in [4.69, 9.17) is 16.2 Å². The van der Waals surface area contributed by atoms with Crippen molar-refractivity contribution >= 4 is 40.6 Å². The van der Waals surface area contributed by atoms with Gasteiger partial charge in [0.25, 0.3) is 11.8 Å². The molecule has 1 heterocycles. The minimum Gasteiger partial charge on any atom is -0.494 e. The highest BCUT2D eigenvalue weighted by molar-refractivity contribution is 7.09. The lowest BCUT2D eigenvalue weighted by atomic mass is 10.1. The molecule has 1 aromatic carbocycles. The first-order chi connectivity index (χ1) is 15.5. The third-order valence-electron chi connectivity index (χ3n) is 4.76. The molecule has 180 valence electrons. The van der Waals surface area contributed by atoms with E-state index < -0.39 is 23.4 Å². The van der Waals surface area contributed by atoms with Gasteiger partial charge in [-0.25, -0.2) is 0 Å². The molecular weight excluding hydrogens is 442 g/mol. The Kier molecular flexibility index (Phi) is 8.81. The van der Waals surface area contributed by atoms with E-state index in [0.717, 1.165) is 24.4 Å². The molecule has 10 heteroatoms. The lowest BCUT2D eigenvalue weighted by Crippen LogP contribution is -2.54. The van der Waals surface area contributed by atoms with Crippen LogP contribution in [0.3, 0.4) is 0 Å². The lowest BCUT2D eigenvalue weighted by molar-refractivity contribution is -0.123. The minimum atomic E-state index is -0.819. The van der Waals surface area contributed by atoms with Crippen molar-refractivity contribution in [3.8, 4) is 5.75 Å². The minimum absolute atomic E-state index is 0.0501. The van der Waals surface area contributed by atoms with Crippen molar-refractivity contribution in [1.82, 2.24) is 9.69 Å². The Morgan fingerprint density at radius 3 is 2.30 bits per heavy atom. The fourth-order valence-corrected chi connectivity index (χ4v) is 3.90. The van der Waals surface area contributed by atoms with Crippen molar-refractivity contribution in [2.45, 2.75) is 65.5 Å². The Morgan fingerprint density at radius 1 is 1.18 bits per heavy atom. The molecule has 0 aliphatic rings. The third kappa shape index (κ3) is 6.67. The molecule has 0 aliphatic carbocycles. The number of carbonyl (C=O) groups excluding carboxylic acids is 3. The molecule has 0 unspecified atom stereocenters. The fraction of sp³-hybridized carbons (Fsp3) is 0.478. The first-order valence-electron chi connectivity index (χ1n) is 10.9. The van der Waals surface area contributed by atoms with Crippen LogP contribution < -0.4 is 26.4 Å². The molecule has 1 atom stereocenters. The largest absolute Gasteiger partial charge is 0.494 e. The maximum absolute atomic E-state index is 13.6. The number of rotatable bonds is 10. The lowest BCUT2D eigenvalue weighted by Gasteiger charge is -2.32. The molecule has 33 heavy (non-hydrogen) atoms. The van der Waals surface area contributed by atoms with Gasteiger partial charge in [0.05, 0.1) is 12.3 Å². The summed E-state index contributed by atoms with van der Waals surface area (Å²) in [6, 6.07) is 6.13. The second kappa shape index (κ2) is 11.1. The van der Waals surface area contributed by atoms with Gasteiger partial charge >= 0.3 is 0 Å². The summed E-state index contributed by atoms with van der Waals surface area (Å²) >= 11 is 0.782. The van der Waals surface area contributed by atoms with Gasteiger partial charge in [-0.15, -0.1) is 0 Å². The van der Waals surface area contributed by atoms with Gasteiger partial charge in [-0.2, -0.15) is 4.37 Å². The third-order valence-corrected chi connectivity index (χ3v) is 5.61. The van der Waals surface area contributed by atoms with Gasteiger partial charge in [0, 0.05) is 11.2 Å². The van der Waals surface area contributed by atoms with Crippen LogP contribution >= 0.6 is 11.5 Å². The predicted octanol–water partition coefficient (Wildman–Crippen LogP) is 3.34. The molecule has 0 bridgehead atoms. The summed E-state index contributed by atoms with van der Waals surface area (Å²) in [7, 11) is 0. The highest BCUT2D eigenvalue weighted by atomic mass is 32.1. The second-order valence-corrected chi connectivity index (χ2v) is 9.45. The number of anilines is 2. The van der Waals surface area contributed by atoms with Crippen molar-refractivity contribution in [3.63, 3.8) is 0 Å². The van der Waals surface area contributed by atoms with Crippen molar-refractivity contribution < 1.29 is 19.1 Å². The zero-order chi connectivity index (χ0) is 24.8. The molecule has 2 aromatic rings. The molecule has 0 saturated heterocycles. The summed E-state index contributed by atoms with van der Waals surface area (Å²) in [6.07, 6.45) is 2.30. The van der Waals surface area contributed by atoms with Crippen molar-refractivity contribution in [2.24, 2.45) is 5.73 Å². The maximum Gasteiger partial charge on any atom is 0.272 e. The monoisotopic (exact) mass is 475 g/mol. The zero-order valence-electron chi connectivity index (χ0n) is 19.8. The maximum atomic E-state index is 13.6. The summed E-state index contributed by atoms with van der Waals surface area (Å²) in [5.41, 5.74) is 11.1. The van der Waals surface area contributed by atoms with E-state index in [1.54, 1.807) is 24.3 Å². The smallest absolute Gasteiger partial charge is 0.272 e. The summed E-state index contributed by atoms with van der Waals surface area (Å²) in [6.45, 7) is 10.1. The number of carbonyl (C=O) groups is 3. The Bertz CT molecular complexity index is 982. The van der Waals surface area contributed by atoms with E-state index in [1.807, 2.05) is 27.7 Å². The Hall–Kier alpha value is -3.14. The van der Waals surface area contributed by atoms with Crippen molar-refractivity contribution in [2.75, 3.05) is 17.2 Å². The number of primary amides is 1. The average Bonchev–Trinajstić information content (AvgIpc) is 3.12. The molecule has 2 rings (SSSR count). The second-order valence-electron chi connectivity index (χ2n) is 8.67. The standard InChI is InChI=1S/C23H33N5O4S/c1-6-8-13-32-15-11-9-14(10-12-15)28(16(7-2)21(30)26-23(3,4)5)22(31)19-17(24)18(20(25)29)27-33-19/h9-12,16H,6-8,13,24H2,1-5H3,(H2,25,29)(H,26,30)/t16-/m1/s1. The van der Waals surface area contributed by atoms with Gasteiger partial charge in [0.2, 0.25) is 5.91 Å². The van der Waals surface area contributed by atoms with Gasteiger partial charge in [0.15, 0.2) is 5.69 Å². The first-order valence-corrected chi connectivity index (χ1v) is 11.7. The van der Waals surface area contributed by atoms with E-state index in [9.17, 15) is 14.4 Å². The van der Waals surface area contributed by atoms with Gasteiger partial charge in [-0.05, 0) is 69.4 Å². The fourth-order valence-electron chi connectivity index (χ4n) is 3.15. The number of amides is 3. The van der Waals surface area contributed by atoms with E-state index in [2.05, 4.69) is 16.6 Å². The van der Waals surface area contributed by atoms with Gasteiger partial charge in [-0.3, -0.25) is 19.3 Å². The van der Waals surface area contributed by atoms with E-state index in [0.29, 0.717) is 24.5 Å². The Morgan fingerprint density at radius 2 is 1.82 bits per heavy atom. The number of nitrogen functional groups attached to an aromatic ring is 1. The quantitative estimate of drug-likeness (QED) is 0.450. The first kappa shape index (κ1) is 26.1. The molecule has 0 saturated carbocycles. The average molecular weight is 476 g/mol. The summed E-state index contributed by atoms with van der Waals surface area (Å²) < 4.78 is 9.64. The Balaban J connectivity index is 2.48. The molecule has 3 amide bonds. The number of hydrogen-bond donors (Lipinski definition) is 3. The molecule has 0 aliphatic heterocycles. The molecule has 0 radical (unpaired) electrons. The van der Waals surface area contributed by atoms with Crippen LogP contribution in [0.15, 0.2) is 24.3 Å². The van der Waals surface area contributed by atoms with Crippen LogP contribution in [0.2, 0.25) is 0 Å². The van der Waals surface area contributed by atoms with Crippen LogP contribution in [0.1, 0.15) is 74.0 Å². The number of unbranched alkanes of at least 4 members (excludes halogenated alkanes) is 1. The number of nitrogens with two attached hydrogens (primary N) is 2. The van der Waals surface area contributed by atoms with Crippen molar-refractivity contribution in [3.05, 3.63) is 34.8 Å². The van der Waals surface area contributed by atoms with E-state index in [1.165, 1.54) is 4.90 Å². The highest BCUT2D eigenvalue weighted by Gasteiger charge is 2.35. The van der Waals surface area contributed by atoms with Gasteiger partial charge in [0.1, 0.15) is 16.7 Å². The molecule has 1 aromatic heterocycles. The van der Waals surface area contributed by atoms with Crippen LogP contribution in [0.4, 0.5) is 11.4 Å². The van der Waals surface area contributed by atoms with Crippen LogP contribution in [-0.2, 0) is 4.79 Å². The van der Waals surface area contributed by atoms with Crippen molar-refractivity contribution in [1.29, 1.82) is 0 Å². The number of benzene rings is 1. The van der Waals surface area contributed by atoms with E-state index >= 15 is 0 Å². The van der Waals surface area contributed by atoms with Crippen LogP contribution in [0.5, 0.6) is 5.75 Å². The number of ether oxygens (including phenoxy) is 1. The number of nitrogens with zero attached hydrogens (tertiary/aromatic N) is 2. The van der Waals surface area contributed by atoms with Crippen LogP contribution in [0, 0.1) is 0 Å². The molecule has 5 N–H and O–H groups in total. The number of hydrogen-bond acceptors (Lipinski definition) is 7. The highest BCUT2D eigenvalue weighted by Crippen LogP contribution is 2.29. The molecular formula is C23H33N5O4S. The zero-order valence-corrected chi connectivity index (χ0v) is 20.6. The number of aromatic nitrogens is 1.